The van der Waals surface area contributed by atoms with E-state index in [0.717, 1.165) is 0 Å². The molecule has 210 valence electrons. The van der Waals surface area contributed by atoms with Crippen molar-refractivity contribution in [2.45, 2.75) is 0 Å². The first-order valence-electron chi connectivity index (χ1n) is 15.3. The van der Waals surface area contributed by atoms with Gasteiger partial charge in [-0.2, -0.15) is 0 Å². The SMILES string of the molecule is c1ccc(-c2cc(-c3cccc4sc5ccccc5c34)cc3c2sc2c(-n4c5ccccc5c5ccccc54)cccc23)cc1. The fourth-order valence-electron chi connectivity index (χ4n) is 7.25. The van der Waals surface area contributed by atoms with Crippen molar-refractivity contribution < 1.29 is 0 Å². The number of nitrogens with zero attached hydrogens (tertiary/aromatic N) is 1. The first-order chi connectivity index (χ1) is 22.3. The molecule has 0 aliphatic heterocycles. The fraction of sp³-hybridized carbons (Fsp3) is 0. The lowest BCUT2D eigenvalue weighted by atomic mass is 9.93. The molecule has 0 N–H and O–H groups in total. The van der Waals surface area contributed by atoms with Crippen LogP contribution in [0, 0.1) is 0 Å². The molecular weight excluding hydrogens is 583 g/mol. The molecule has 3 aromatic heterocycles. The molecule has 0 amide bonds. The van der Waals surface area contributed by atoms with E-state index >= 15 is 0 Å². The lowest BCUT2D eigenvalue weighted by Gasteiger charge is -2.10. The molecule has 0 spiro atoms. The lowest BCUT2D eigenvalue weighted by molar-refractivity contribution is 1.20. The standard InChI is InChI=1S/C42H25NS2/c1-2-12-26(13-3-1)33-24-27(28-17-11-23-39-40(28)32-16-6-9-22-38(32)44-39)25-34-31-18-10-21-37(42(31)45-41(33)34)43-35-19-7-4-14-29(35)30-15-5-8-20-36(30)43/h1-25H. The van der Waals surface area contributed by atoms with Crippen molar-refractivity contribution in [3.8, 4) is 27.9 Å². The molecule has 45 heavy (non-hydrogen) atoms. The van der Waals surface area contributed by atoms with E-state index < -0.39 is 0 Å². The normalized spacial score (nSPS) is 12.0. The summed E-state index contributed by atoms with van der Waals surface area (Å²) in [5.41, 5.74) is 8.80. The van der Waals surface area contributed by atoms with Crippen molar-refractivity contribution in [3.05, 3.63) is 152 Å². The zero-order chi connectivity index (χ0) is 29.5. The molecule has 10 rings (SSSR count). The second-order valence-corrected chi connectivity index (χ2v) is 13.8. The Morgan fingerprint density at radius 3 is 1.82 bits per heavy atom. The van der Waals surface area contributed by atoms with Crippen molar-refractivity contribution in [1.82, 2.24) is 4.57 Å². The van der Waals surface area contributed by atoms with E-state index in [4.69, 9.17) is 0 Å². The lowest BCUT2D eigenvalue weighted by Crippen LogP contribution is -1.93. The van der Waals surface area contributed by atoms with E-state index in [1.54, 1.807) is 0 Å². The molecular formula is C42H25NS2. The quantitative estimate of drug-likeness (QED) is 0.188. The van der Waals surface area contributed by atoms with Crippen LogP contribution in [-0.2, 0) is 0 Å². The summed E-state index contributed by atoms with van der Waals surface area (Å²) in [6.07, 6.45) is 0. The number of hydrogen-bond donors (Lipinski definition) is 0. The Balaban J connectivity index is 1.32. The van der Waals surface area contributed by atoms with E-state index in [-0.39, 0.29) is 0 Å². The van der Waals surface area contributed by atoms with Gasteiger partial charge in [0, 0.05) is 52.0 Å². The molecule has 3 heteroatoms. The van der Waals surface area contributed by atoms with Crippen molar-refractivity contribution in [2.24, 2.45) is 0 Å². The number of fused-ring (bicyclic) bond motifs is 9. The molecule has 0 bridgehead atoms. The van der Waals surface area contributed by atoms with Gasteiger partial charge in [0.1, 0.15) is 0 Å². The molecule has 10 aromatic rings. The molecule has 0 aliphatic rings. The number of hydrogen-bond acceptors (Lipinski definition) is 2. The van der Waals surface area contributed by atoms with Crippen LogP contribution < -0.4 is 0 Å². The van der Waals surface area contributed by atoms with Crippen molar-refractivity contribution >= 4 is 84.8 Å². The van der Waals surface area contributed by atoms with Gasteiger partial charge in [0.25, 0.3) is 0 Å². The zero-order valence-electron chi connectivity index (χ0n) is 24.2. The Morgan fingerprint density at radius 2 is 1.02 bits per heavy atom. The molecule has 0 fully saturated rings. The molecule has 0 radical (unpaired) electrons. The van der Waals surface area contributed by atoms with Gasteiger partial charge in [0.15, 0.2) is 0 Å². The van der Waals surface area contributed by atoms with Gasteiger partial charge in [-0.3, -0.25) is 0 Å². The third-order valence-corrected chi connectivity index (χ3v) is 11.6. The number of rotatable bonds is 3. The maximum absolute atomic E-state index is 2.46. The predicted molar refractivity (Wildman–Crippen MR) is 197 cm³/mol. The largest absolute Gasteiger partial charge is 0.308 e. The molecule has 1 nitrogen and oxygen atoms in total. The van der Waals surface area contributed by atoms with Crippen molar-refractivity contribution in [2.75, 3.05) is 0 Å². The van der Waals surface area contributed by atoms with E-state index in [1.807, 2.05) is 22.7 Å². The van der Waals surface area contributed by atoms with Crippen LogP contribution in [-0.4, -0.2) is 4.57 Å². The topological polar surface area (TPSA) is 4.93 Å². The predicted octanol–water partition coefficient (Wildman–Crippen LogP) is 12.9. The molecule has 0 aliphatic carbocycles. The second kappa shape index (κ2) is 9.64. The average Bonchev–Trinajstić information content (AvgIpc) is 3.78. The van der Waals surface area contributed by atoms with Gasteiger partial charge in [-0.05, 0) is 59.2 Å². The average molecular weight is 608 g/mol. The van der Waals surface area contributed by atoms with Crippen LogP contribution in [0.15, 0.2) is 152 Å². The fourth-order valence-corrected chi connectivity index (χ4v) is 9.70. The second-order valence-electron chi connectivity index (χ2n) is 11.7. The molecule has 0 atom stereocenters. The van der Waals surface area contributed by atoms with Crippen LogP contribution in [0.3, 0.4) is 0 Å². The van der Waals surface area contributed by atoms with Crippen molar-refractivity contribution in [1.29, 1.82) is 0 Å². The Hall–Kier alpha value is -5.22. The molecule has 0 saturated heterocycles. The van der Waals surface area contributed by atoms with Gasteiger partial charge in [-0.15, -0.1) is 22.7 Å². The Morgan fingerprint density at radius 1 is 0.378 bits per heavy atom. The monoisotopic (exact) mass is 607 g/mol. The summed E-state index contributed by atoms with van der Waals surface area (Å²) in [6, 6.07) is 55.8. The summed E-state index contributed by atoms with van der Waals surface area (Å²) in [4.78, 5) is 0. The van der Waals surface area contributed by atoms with Crippen LogP contribution >= 0.6 is 22.7 Å². The minimum absolute atomic E-state index is 1.23. The van der Waals surface area contributed by atoms with Crippen LogP contribution in [0.4, 0.5) is 0 Å². The third kappa shape index (κ3) is 3.66. The van der Waals surface area contributed by atoms with E-state index in [2.05, 4.69) is 156 Å². The Labute approximate surface area is 267 Å². The third-order valence-electron chi connectivity index (χ3n) is 9.20. The molecule has 3 heterocycles. The van der Waals surface area contributed by atoms with Gasteiger partial charge >= 0.3 is 0 Å². The summed E-state index contributed by atoms with van der Waals surface area (Å²) in [5, 5.41) is 7.87. The minimum Gasteiger partial charge on any atom is -0.308 e. The molecule has 0 unspecified atom stereocenters. The number of benzene rings is 7. The summed E-state index contributed by atoms with van der Waals surface area (Å²) in [5.74, 6) is 0. The maximum Gasteiger partial charge on any atom is 0.0640 e. The van der Waals surface area contributed by atoms with Gasteiger partial charge in [0.2, 0.25) is 0 Å². The zero-order valence-corrected chi connectivity index (χ0v) is 25.8. The highest BCUT2D eigenvalue weighted by molar-refractivity contribution is 7.27. The summed E-state index contributed by atoms with van der Waals surface area (Å²) < 4.78 is 7.77. The number of para-hydroxylation sites is 2. The Bertz CT molecular complexity index is 2710. The smallest absolute Gasteiger partial charge is 0.0640 e. The van der Waals surface area contributed by atoms with E-state index in [9.17, 15) is 0 Å². The van der Waals surface area contributed by atoms with Crippen molar-refractivity contribution in [3.63, 3.8) is 0 Å². The summed E-state index contributed by atoms with van der Waals surface area (Å²) in [7, 11) is 0. The number of aromatic nitrogens is 1. The maximum atomic E-state index is 2.46. The van der Waals surface area contributed by atoms with Crippen LogP contribution in [0.25, 0.3) is 90.1 Å². The molecule has 7 aromatic carbocycles. The van der Waals surface area contributed by atoms with Crippen LogP contribution in [0.1, 0.15) is 0 Å². The van der Waals surface area contributed by atoms with Gasteiger partial charge in [0.05, 0.1) is 21.4 Å². The minimum atomic E-state index is 1.23. The van der Waals surface area contributed by atoms with E-state index in [1.165, 1.54) is 90.1 Å². The van der Waals surface area contributed by atoms with Crippen LogP contribution in [0.5, 0.6) is 0 Å². The summed E-state index contributed by atoms with van der Waals surface area (Å²) in [6.45, 7) is 0. The van der Waals surface area contributed by atoms with Gasteiger partial charge in [-0.1, -0.05) is 109 Å². The highest BCUT2D eigenvalue weighted by Crippen LogP contribution is 2.47. The van der Waals surface area contributed by atoms with Gasteiger partial charge in [-0.25, -0.2) is 0 Å². The molecule has 0 saturated carbocycles. The highest BCUT2D eigenvalue weighted by Gasteiger charge is 2.20. The first-order valence-corrected chi connectivity index (χ1v) is 16.9. The van der Waals surface area contributed by atoms with Crippen LogP contribution in [0.2, 0.25) is 0 Å². The van der Waals surface area contributed by atoms with Gasteiger partial charge < -0.3 is 4.57 Å². The highest BCUT2D eigenvalue weighted by atomic mass is 32.1. The Kier molecular flexibility index (Phi) is 5.39. The number of thiophene rings is 2. The van der Waals surface area contributed by atoms with E-state index in [0.29, 0.717) is 0 Å². The first kappa shape index (κ1) is 25.1. The summed E-state index contributed by atoms with van der Waals surface area (Å²) >= 11 is 3.80.